The fourth-order valence-corrected chi connectivity index (χ4v) is 7.51. The van der Waals surface area contributed by atoms with E-state index in [4.69, 9.17) is 23.2 Å². The minimum absolute atomic E-state index is 0.0170. The second-order valence-electron chi connectivity index (χ2n) is 8.46. The summed E-state index contributed by atoms with van der Waals surface area (Å²) in [7, 11) is 0. The molecule has 2 aliphatic rings. The number of aliphatic carboxylic acids is 2. The van der Waals surface area contributed by atoms with E-state index in [-0.39, 0.29) is 29.5 Å². The summed E-state index contributed by atoms with van der Waals surface area (Å²) in [5, 5.41) is 23.9. The van der Waals surface area contributed by atoms with Crippen molar-refractivity contribution in [1.82, 2.24) is 10.2 Å². The van der Waals surface area contributed by atoms with Crippen molar-refractivity contribution < 1.29 is 34.0 Å². The van der Waals surface area contributed by atoms with Crippen molar-refractivity contribution in [3.63, 3.8) is 0 Å². The van der Waals surface area contributed by atoms with E-state index >= 15 is 0 Å². The highest BCUT2D eigenvalue weighted by atomic mass is 35.5. The van der Waals surface area contributed by atoms with Crippen LogP contribution in [-0.4, -0.2) is 62.4 Å². The van der Waals surface area contributed by atoms with Crippen LogP contribution in [0.1, 0.15) is 0 Å². The van der Waals surface area contributed by atoms with Crippen molar-refractivity contribution in [2.75, 3.05) is 17.3 Å². The first kappa shape index (κ1) is 29.3. The molecule has 39 heavy (non-hydrogen) atoms. The number of halogens is 2. The predicted molar refractivity (Wildman–Crippen MR) is 148 cm³/mol. The summed E-state index contributed by atoms with van der Waals surface area (Å²) in [6.45, 7) is 3.53. The van der Waals surface area contributed by atoms with Crippen molar-refractivity contribution in [2.24, 2.45) is 0 Å². The van der Waals surface area contributed by atoms with Gasteiger partial charge in [0, 0.05) is 44.0 Å². The molecule has 0 unspecified atom stereocenters. The number of fused-ring (bicyclic) bond motifs is 1. The number of nitrogens with zero attached hydrogens (tertiary/aromatic N) is 2. The van der Waals surface area contributed by atoms with Gasteiger partial charge in [-0.3, -0.25) is 14.5 Å². The average molecular weight is 627 g/mol. The van der Waals surface area contributed by atoms with Gasteiger partial charge >= 0.3 is 5.97 Å². The summed E-state index contributed by atoms with van der Waals surface area (Å²) < 4.78 is 1.64. The third-order valence-electron chi connectivity index (χ3n) is 5.75. The molecule has 2 aliphatic heterocycles. The molecular formula is C25H21Cl2N3O6S3. The van der Waals surface area contributed by atoms with E-state index in [0.717, 1.165) is 4.90 Å². The molecule has 1 fully saturated rings. The van der Waals surface area contributed by atoms with Gasteiger partial charge in [-0.15, -0.1) is 35.3 Å². The number of carbonyl (C=O) groups is 4. The largest absolute Gasteiger partial charge is 0.545 e. The van der Waals surface area contributed by atoms with Crippen LogP contribution >= 0.6 is 58.5 Å². The molecule has 2 N–H and O–H groups in total. The highest BCUT2D eigenvalue weighted by molar-refractivity contribution is 8.01. The molecular weight excluding hydrogens is 605 g/mol. The lowest BCUT2D eigenvalue weighted by Gasteiger charge is -2.49. The molecule has 0 spiro atoms. The minimum Gasteiger partial charge on any atom is -0.545 e. The first-order valence-electron chi connectivity index (χ1n) is 11.3. The van der Waals surface area contributed by atoms with Crippen LogP contribution in [0.25, 0.3) is 0 Å². The minimum atomic E-state index is -1.31. The van der Waals surface area contributed by atoms with E-state index in [1.807, 2.05) is 0 Å². The van der Waals surface area contributed by atoms with Crippen molar-refractivity contribution in [2.45, 2.75) is 27.8 Å². The number of β-lactam (4-membered cyclic amide) rings is 1. The van der Waals surface area contributed by atoms with E-state index in [1.165, 1.54) is 40.2 Å². The SMILES string of the molecule is C=C(C[n+]1ccc(SCC2=C(C(=O)O)N3C(=O)[C@@H](NC(=O)CSc4cc(Cl)ccc4Cl)[C@H]3SC2)cc1)C(=O)[O-]. The number of carbonyl (C=O) groups excluding carboxylic acids is 3. The van der Waals surface area contributed by atoms with Gasteiger partial charge in [0.2, 0.25) is 5.91 Å². The van der Waals surface area contributed by atoms with Crippen LogP contribution < -0.4 is 15.0 Å². The summed E-state index contributed by atoms with van der Waals surface area (Å²) in [5.41, 5.74) is 0.488. The Morgan fingerprint density at radius 1 is 1.21 bits per heavy atom. The van der Waals surface area contributed by atoms with E-state index < -0.39 is 29.3 Å². The number of carboxylic acid groups (broad SMARTS) is 2. The third kappa shape index (κ3) is 6.93. The maximum absolute atomic E-state index is 12.9. The summed E-state index contributed by atoms with van der Waals surface area (Å²) in [4.78, 5) is 51.1. The van der Waals surface area contributed by atoms with Crippen LogP contribution in [0.4, 0.5) is 0 Å². The van der Waals surface area contributed by atoms with Gasteiger partial charge in [0.1, 0.15) is 17.1 Å². The lowest BCUT2D eigenvalue weighted by atomic mass is 10.0. The summed E-state index contributed by atoms with van der Waals surface area (Å²) >= 11 is 16.1. The molecule has 0 saturated carbocycles. The predicted octanol–water partition coefficient (Wildman–Crippen LogP) is 2.21. The van der Waals surface area contributed by atoms with Gasteiger partial charge in [-0.05, 0) is 23.8 Å². The van der Waals surface area contributed by atoms with E-state index in [1.54, 1.807) is 47.3 Å². The van der Waals surface area contributed by atoms with Crippen molar-refractivity contribution >= 4 is 82.2 Å². The van der Waals surface area contributed by atoms with Crippen LogP contribution in [0, 0.1) is 0 Å². The van der Waals surface area contributed by atoms with Crippen LogP contribution in [0.3, 0.4) is 0 Å². The number of pyridine rings is 1. The number of thioether (sulfide) groups is 3. The molecule has 0 bridgehead atoms. The third-order valence-corrected chi connectivity index (χ3v) is 9.92. The monoisotopic (exact) mass is 625 g/mol. The normalized spacial score (nSPS) is 18.3. The van der Waals surface area contributed by atoms with Gasteiger partial charge in [-0.2, -0.15) is 0 Å². The molecule has 3 heterocycles. The molecule has 14 heteroatoms. The molecule has 2 atom stereocenters. The lowest BCUT2D eigenvalue weighted by molar-refractivity contribution is -0.689. The number of rotatable bonds is 11. The Morgan fingerprint density at radius 3 is 2.59 bits per heavy atom. The van der Waals surface area contributed by atoms with Crippen LogP contribution in [0.2, 0.25) is 10.0 Å². The zero-order valence-electron chi connectivity index (χ0n) is 20.1. The molecule has 0 radical (unpaired) electrons. The Labute approximate surface area is 246 Å². The number of nitrogens with one attached hydrogen (secondary N) is 1. The summed E-state index contributed by atoms with van der Waals surface area (Å²) in [5.74, 6) is -2.61. The molecule has 4 rings (SSSR count). The van der Waals surface area contributed by atoms with Crippen LogP contribution in [-0.2, 0) is 25.7 Å². The number of hydrogen-bond acceptors (Lipinski definition) is 8. The highest BCUT2D eigenvalue weighted by Crippen LogP contribution is 2.41. The fraction of sp³-hybridized carbons (Fsp3) is 0.240. The van der Waals surface area contributed by atoms with Gasteiger partial charge in [0.25, 0.3) is 5.91 Å². The molecule has 204 valence electrons. The van der Waals surface area contributed by atoms with Gasteiger partial charge in [0.05, 0.1) is 16.7 Å². The molecule has 1 aromatic heterocycles. The zero-order chi connectivity index (χ0) is 28.3. The quantitative estimate of drug-likeness (QED) is 0.167. The van der Waals surface area contributed by atoms with Crippen molar-refractivity contribution in [3.05, 3.63) is 76.2 Å². The Hall–Kier alpha value is -2.64. The molecule has 2 aromatic rings. The fourth-order valence-electron chi connectivity index (χ4n) is 3.84. The van der Waals surface area contributed by atoms with Crippen molar-refractivity contribution in [3.8, 4) is 0 Å². The zero-order valence-corrected chi connectivity index (χ0v) is 24.1. The topological polar surface area (TPSA) is 131 Å². The Kier molecular flexibility index (Phi) is 9.55. The number of aromatic nitrogens is 1. The highest BCUT2D eigenvalue weighted by Gasteiger charge is 2.54. The van der Waals surface area contributed by atoms with Gasteiger partial charge in [-0.25, -0.2) is 9.36 Å². The smallest absolute Gasteiger partial charge is 0.352 e. The second-order valence-corrected chi connectivity index (χ2v) is 12.5. The molecule has 0 aliphatic carbocycles. The average Bonchev–Trinajstić information content (AvgIpc) is 2.91. The number of carboxylic acids is 2. The first-order valence-corrected chi connectivity index (χ1v) is 15.1. The first-order chi connectivity index (χ1) is 18.5. The lowest BCUT2D eigenvalue weighted by Crippen LogP contribution is -2.70. The van der Waals surface area contributed by atoms with Crippen LogP contribution in [0.5, 0.6) is 0 Å². The second kappa shape index (κ2) is 12.7. The van der Waals surface area contributed by atoms with Crippen molar-refractivity contribution in [1.29, 1.82) is 0 Å². The summed E-state index contributed by atoms with van der Waals surface area (Å²) in [6, 6.07) is 7.68. The molecule has 1 aromatic carbocycles. The Bertz CT molecular complexity index is 1390. The standard InChI is InChI=1S/C25H21Cl2N3O6S3/c1-13(24(33)34)9-29-6-4-16(5-7-29)37-10-14-11-39-23-20(22(32)30(23)21(14)25(35)36)28-19(31)12-38-18-8-15(26)2-3-17(18)27/h2-8,20,23H,1,9-12H2,(H2-,28,31,33,34,35,36)/t20-,23-/m1/s1. The van der Waals surface area contributed by atoms with Gasteiger partial charge in [-0.1, -0.05) is 29.8 Å². The Balaban J connectivity index is 1.36. The molecule has 2 amide bonds. The number of benzene rings is 1. The van der Waals surface area contributed by atoms with Gasteiger partial charge < -0.3 is 20.3 Å². The van der Waals surface area contributed by atoms with Crippen LogP contribution in [0.15, 0.2) is 75.9 Å². The van der Waals surface area contributed by atoms with Gasteiger partial charge in [0.15, 0.2) is 18.9 Å². The Morgan fingerprint density at radius 2 is 1.92 bits per heavy atom. The summed E-state index contributed by atoms with van der Waals surface area (Å²) in [6.07, 6.45) is 3.39. The van der Waals surface area contributed by atoms with E-state index in [0.29, 0.717) is 32.0 Å². The molecule has 9 nitrogen and oxygen atoms in total. The maximum Gasteiger partial charge on any atom is 0.352 e. The number of amides is 2. The molecule has 1 saturated heterocycles. The number of hydrogen-bond donors (Lipinski definition) is 2. The van der Waals surface area contributed by atoms with E-state index in [9.17, 15) is 29.4 Å². The maximum atomic E-state index is 12.9. The van der Waals surface area contributed by atoms with E-state index in [2.05, 4.69) is 11.9 Å².